The number of carbonyl (C=O) groups excluding carboxylic acids is 3. The van der Waals surface area contributed by atoms with E-state index in [1.807, 2.05) is 0 Å². The third-order valence-corrected chi connectivity index (χ3v) is 3.56. The Morgan fingerprint density at radius 2 is 1.72 bits per heavy atom. The second-order valence-corrected chi connectivity index (χ2v) is 5.62. The third-order valence-electron chi connectivity index (χ3n) is 3.00. The summed E-state index contributed by atoms with van der Waals surface area (Å²) < 4.78 is 5.23. The molecule has 0 radical (unpaired) electrons. The Labute approximate surface area is 153 Å². The minimum Gasteiger partial charge on any atom is -0.483 e. The smallest absolute Gasteiger partial charge is 0.276 e. The van der Waals surface area contributed by atoms with Crippen molar-refractivity contribution in [1.82, 2.24) is 10.9 Å². The zero-order valence-electron chi connectivity index (χ0n) is 12.7. The molecule has 0 aromatic heterocycles. The molecule has 0 atom stereocenters. The topological polar surface area (TPSA) is 111 Å². The maximum atomic E-state index is 12.0. The number of primary amides is 1. The molecule has 0 bridgehead atoms. The van der Waals surface area contributed by atoms with Gasteiger partial charge in [-0.15, -0.1) is 0 Å². The lowest BCUT2D eigenvalue weighted by Crippen LogP contribution is -2.44. The van der Waals surface area contributed by atoms with Crippen LogP contribution in [0.1, 0.15) is 20.7 Å². The first-order valence-electron chi connectivity index (χ1n) is 6.94. The molecule has 9 heteroatoms. The van der Waals surface area contributed by atoms with Gasteiger partial charge in [-0.05, 0) is 30.3 Å². The van der Waals surface area contributed by atoms with Crippen molar-refractivity contribution in [3.05, 3.63) is 63.6 Å². The van der Waals surface area contributed by atoms with Gasteiger partial charge in [0.15, 0.2) is 6.61 Å². The number of hydrogen-bond donors (Lipinski definition) is 3. The number of rotatable bonds is 5. The summed E-state index contributed by atoms with van der Waals surface area (Å²) in [5, 5.41) is 0.509. The quantitative estimate of drug-likeness (QED) is 0.687. The molecule has 3 amide bonds. The molecule has 2 aromatic rings. The average Bonchev–Trinajstić information content (AvgIpc) is 2.60. The predicted molar refractivity (Wildman–Crippen MR) is 92.5 cm³/mol. The summed E-state index contributed by atoms with van der Waals surface area (Å²) in [4.78, 5) is 35.0. The van der Waals surface area contributed by atoms with Crippen LogP contribution >= 0.6 is 23.2 Å². The fourth-order valence-corrected chi connectivity index (χ4v) is 2.22. The van der Waals surface area contributed by atoms with Crippen LogP contribution in [0, 0.1) is 0 Å². The van der Waals surface area contributed by atoms with E-state index in [4.69, 9.17) is 33.7 Å². The highest BCUT2D eigenvalue weighted by atomic mass is 35.5. The van der Waals surface area contributed by atoms with Crippen LogP contribution in [-0.2, 0) is 4.79 Å². The highest BCUT2D eigenvalue weighted by Gasteiger charge is 2.13. The largest absolute Gasteiger partial charge is 0.483 e. The van der Waals surface area contributed by atoms with E-state index < -0.39 is 24.3 Å². The van der Waals surface area contributed by atoms with E-state index in [0.29, 0.717) is 5.02 Å². The second-order valence-electron chi connectivity index (χ2n) is 4.78. The molecule has 0 spiro atoms. The molecule has 0 heterocycles. The van der Waals surface area contributed by atoms with Crippen LogP contribution in [0.15, 0.2) is 42.5 Å². The zero-order chi connectivity index (χ0) is 18.4. The number of para-hydroxylation sites is 1. The predicted octanol–water partition coefficient (Wildman–Crippen LogP) is 1.93. The van der Waals surface area contributed by atoms with E-state index >= 15 is 0 Å². The summed E-state index contributed by atoms with van der Waals surface area (Å²) in [6, 6.07) is 10.6. The molecule has 0 saturated carbocycles. The standard InChI is InChI=1S/C16H13Cl2N3O4/c17-9-5-6-12(18)11(7-9)16(24)21-20-14(22)8-25-13-4-2-1-3-10(13)15(19)23/h1-7H,8H2,(H2,19,23)(H,20,22)(H,21,24). The van der Waals surface area contributed by atoms with Crippen LogP contribution in [0.5, 0.6) is 5.75 Å². The summed E-state index contributed by atoms with van der Waals surface area (Å²) in [7, 11) is 0. The molecule has 7 nitrogen and oxygen atoms in total. The second kappa shape index (κ2) is 8.36. The normalized spacial score (nSPS) is 10.0. The number of amides is 3. The van der Waals surface area contributed by atoms with Crippen LogP contribution < -0.4 is 21.3 Å². The molecule has 2 rings (SSSR count). The van der Waals surface area contributed by atoms with Gasteiger partial charge < -0.3 is 10.5 Å². The summed E-state index contributed by atoms with van der Waals surface area (Å²) in [6.07, 6.45) is 0. The lowest BCUT2D eigenvalue weighted by atomic mass is 10.2. The number of nitrogens with one attached hydrogen (secondary N) is 2. The van der Waals surface area contributed by atoms with Crippen molar-refractivity contribution >= 4 is 40.9 Å². The van der Waals surface area contributed by atoms with E-state index in [1.54, 1.807) is 12.1 Å². The molecule has 0 saturated heterocycles. The molecule has 0 aliphatic rings. The molecule has 0 fully saturated rings. The molecule has 2 aromatic carbocycles. The SMILES string of the molecule is NC(=O)c1ccccc1OCC(=O)NNC(=O)c1cc(Cl)ccc1Cl. The Hall–Kier alpha value is -2.77. The van der Waals surface area contributed by atoms with E-state index in [2.05, 4.69) is 10.9 Å². The Morgan fingerprint density at radius 3 is 2.44 bits per heavy atom. The molecule has 25 heavy (non-hydrogen) atoms. The lowest BCUT2D eigenvalue weighted by molar-refractivity contribution is -0.123. The van der Waals surface area contributed by atoms with Gasteiger partial charge in [0, 0.05) is 5.02 Å². The van der Waals surface area contributed by atoms with Crippen LogP contribution in [0.25, 0.3) is 0 Å². The number of ether oxygens (including phenoxy) is 1. The number of hydrazine groups is 1. The number of benzene rings is 2. The van der Waals surface area contributed by atoms with Crippen molar-refractivity contribution in [1.29, 1.82) is 0 Å². The molecule has 4 N–H and O–H groups in total. The summed E-state index contributed by atoms with van der Waals surface area (Å²) >= 11 is 11.7. The average molecular weight is 382 g/mol. The van der Waals surface area contributed by atoms with Gasteiger partial charge in [0.25, 0.3) is 17.7 Å². The van der Waals surface area contributed by atoms with Crippen molar-refractivity contribution in [2.45, 2.75) is 0 Å². The monoisotopic (exact) mass is 381 g/mol. The highest BCUT2D eigenvalue weighted by molar-refractivity contribution is 6.35. The van der Waals surface area contributed by atoms with E-state index in [-0.39, 0.29) is 21.9 Å². The van der Waals surface area contributed by atoms with Gasteiger partial charge in [-0.25, -0.2) is 0 Å². The first-order chi connectivity index (χ1) is 11.9. The van der Waals surface area contributed by atoms with E-state index in [0.717, 1.165) is 0 Å². The Bertz CT molecular complexity index is 827. The molecule has 0 unspecified atom stereocenters. The maximum absolute atomic E-state index is 12.0. The molecule has 130 valence electrons. The van der Waals surface area contributed by atoms with Crippen molar-refractivity contribution < 1.29 is 19.1 Å². The Balaban J connectivity index is 1.90. The number of nitrogens with two attached hydrogens (primary N) is 1. The number of halogens is 2. The van der Waals surface area contributed by atoms with Crippen molar-refractivity contribution in [2.24, 2.45) is 5.73 Å². The summed E-state index contributed by atoms with van der Waals surface area (Å²) in [5.41, 5.74) is 9.81. The zero-order valence-corrected chi connectivity index (χ0v) is 14.2. The fourth-order valence-electron chi connectivity index (χ4n) is 1.84. The first kappa shape index (κ1) is 18.6. The van der Waals surface area contributed by atoms with Crippen molar-refractivity contribution in [2.75, 3.05) is 6.61 Å². The molecule has 0 aliphatic carbocycles. The number of hydrogen-bond acceptors (Lipinski definition) is 4. The van der Waals surface area contributed by atoms with E-state index in [1.165, 1.54) is 30.3 Å². The summed E-state index contributed by atoms with van der Waals surface area (Å²) in [6.45, 7) is -0.437. The molecule has 0 aliphatic heterocycles. The van der Waals surface area contributed by atoms with E-state index in [9.17, 15) is 14.4 Å². The maximum Gasteiger partial charge on any atom is 0.276 e. The first-order valence-corrected chi connectivity index (χ1v) is 7.70. The third kappa shape index (κ3) is 5.10. The van der Waals surface area contributed by atoms with Crippen molar-refractivity contribution in [3.8, 4) is 5.75 Å². The lowest BCUT2D eigenvalue weighted by Gasteiger charge is -2.11. The van der Waals surface area contributed by atoms with Gasteiger partial charge in [-0.2, -0.15) is 0 Å². The van der Waals surface area contributed by atoms with Crippen LogP contribution in [0.4, 0.5) is 0 Å². The van der Waals surface area contributed by atoms with Gasteiger partial charge in [-0.1, -0.05) is 35.3 Å². The van der Waals surface area contributed by atoms with Gasteiger partial charge in [0.1, 0.15) is 5.75 Å². The molecular weight excluding hydrogens is 369 g/mol. The van der Waals surface area contributed by atoms with Crippen molar-refractivity contribution in [3.63, 3.8) is 0 Å². The number of carbonyl (C=O) groups is 3. The molecular formula is C16H13Cl2N3O4. The fraction of sp³-hybridized carbons (Fsp3) is 0.0625. The van der Waals surface area contributed by atoms with Crippen LogP contribution in [0.2, 0.25) is 10.0 Å². The minimum absolute atomic E-state index is 0.106. The Kier molecular flexibility index (Phi) is 6.21. The van der Waals surface area contributed by atoms with Crippen LogP contribution in [-0.4, -0.2) is 24.3 Å². The van der Waals surface area contributed by atoms with Gasteiger partial charge in [-0.3, -0.25) is 25.2 Å². The minimum atomic E-state index is -0.681. The van der Waals surface area contributed by atoms with Gasteiger partial charge in [0.2, 0.25) is 0 Å². The van der Waals surface area contributed by atoms with Gasteiger partial charge >= 0.3 is 0 Å². The van der Waals surface area contributed by atoms with Gasteiger partial charge in [0.05, 0.1) is 16.1 Å². The Morgan fingerprint density at radius 1 is 1.00 bits per heavy atom. The highest BCUT2D eigenvalue weighted by Crippen LogP contribution is 2.20. The summed E-state index contributed by atoms with van der Waals surface area (Å²) in [5.74, 6) is -1.81. The van der Waals surface area contributed by atoms with Crippen LogP contribution in [0.3, 0.4) is 0 Å².